The lowest BCUT2D eigenvalue weighted by Gasteiger charge is -2.31. The smallest absolute Gasteiger partial charge is 0.270 e. The Hall–Kier alpha value is -4.29. The Morgan fingerprint density at radius 1 is 1.03 bits per heavy atom. The SMILES string of the molecule is CC1=C(C#N)C(=O)N([C@@H]2CCS(=O)(=O)C2)C(=O)/C1=C\c1cn(-c2ccccc2)nc1-c1ccccc1. The van der Waals surface area contributed by atoms with E-state index in [9.17, 15) is 23.3 Å². The van der Waals surface area contributed by atoms with Gasteiger partial charge in [0.25, 0.3) is 11.8 Å². The number of para-hydroxylation sites is 1. The highest BCUT2D eigenvalue weighted by atomic mass is 32.2. The largest absolute Gasteiger partial charge is 0.271 e. The van der Waals surface area contributed by atoms with E-state index in [1.54, 1.807) is 23.9 Å². The van der Waals surface area contributed by atoms with E-state index in [-0.39, 0.29) is 34.6 Å². The summed E-state index contributed by atoms with van der Waals surface area (Å²) in [6.45, 7) is 1.56. The van der Waals surface area contributed by atoms with Crippen molar-refractivity contribution in [1.29, 1.82) is 5.26 Å². The lowest BCUT2D eigenvalue weighted by molar-refractivity contribution is -0.142. The minimum atomic E-state index is -3.35. The molecular weight excluding hydrogens is 476 g/mol. The zero-order chi connectivity index (χ0) is 25.4. The van der Waals surface area contributed by atoms with E-state index >= 15 is 0 Å². The van der Waals surface area contributed by atoms with E-state index < -0.39 is 27.7 Å². The molecule has 0 unspecified atom stereocenters. The van der Waals surface area contributed by atoms with Crippen LogP contribution >= 0.6 is 0 Å². The third-order valence-electron chi connectivity index (χ3n) is 6.46. The van der Waals surface area contributed by atoms with Crippen molar-refractivity contribution in [3.8, 4) is 23.0 Å². The lowest BCUT2D eigenvalue weighted by atomic mass is 9.92. The molecule has 1 fully saturated rings. The third kappa shape index (κ3) is 4.16. The molecule has 0 saturated carbocycles. The van der Waals surface area contributed by atoms with Crippen molar-refractivity contribution in [2.75, 3.05) is 11.5 Å². The normalized spacial score (nSPS) is 20.7. The number of aromatic nitrogens is 2. The zero-order valence-corrected chi connectivity index (χ0v) is 20.3. The molecule has 9 heteroatoms. The fourth-order valence-corrected chi connectivity index (χ4v) is 6.29. The molecule has 5 rings (SSSR count). The summed E-state index contributed by atoms with van der Waals surface area (Å²) >= 11 is 0. The fraction of sp³-hybridized carbons (Fsp3) is 0.185. The minimum Gasteiger partial charge on any atom is -0.270 e. The molecule has 2 amide bonds. The van der Waals surface area contributed by atoms with Gasteiger partial charge in [-0.25, -0.2) is 13.1 Å². The highest BCUT2D eigenvalue weighted by molar-refractivity contribution is 7.91. The van der Waals surface area contributed by atoms with Gasteiger partial charge in [0.15, 0.2) is 9.84 Å². The van der Waals surface area contributed by atoms with Gasteiger partial charge in [-0.2, -0.15) is 10.4 Å². The first-order chi connectivity index (χ1) is 17.3. The molecule has 180 valence electrons. The van der Waals surface area contributed by atoms with Gasteiger partial charge in [-0.05, 0) is 37.1 Å². The Bertz CT molecular complexity index is 1580. The highest BCUT2D eigenvalue weighted by Crippen LogP contribution is 2.33. The van der Waals surface area contributed by atoms with Gasteiger partial charge < -0.3 is 0 Å². The minimum absolute atomic E-state index is 0.0969. The second kappa shape index (κ2) is 9.06. The number of amides is 2. The van der Waals surface area contributed by atoms with Crippen LogP contribution in [0.2, 0.25) is 0 Å². The summed E-state index contributed by atoms with van der Waals surface area (Å²) in [5, 5.41) is 14.5. The number of nitriles is 1. The first-order valence-electron chi connectivity index (χ1n) is 11.4. The molecule has 1 saturated heterocycles. The van der Waals surface area contributed by atoms with E-state index in [1.807, 2.05) is 66.7 Å². The van der Waals surface area contributed by atoms with Gasteiger partial charge in [0.2, 0.25) is 0 Å². The zero-order valence-electron chi connectivity index (χ0n) is 19.5. The first-order valence-corrected chi connectivity index (χ1v) is 13.2. The van der Waals surface area contributed by atoms with Crippen molar-refractivity contribution in [2.45, 2.75) is 19.4 Å². The fourth-order valence-electron chi connectivity index (χ4n) is 4.59. The molecule has 0 spiro atoms. The van der Waals surface area contributed by atoms with E-state index in [4.69, 9.17) is 5.10 Å². The van der Waals surface area contributed by atoms with Crippen molar-refractivity contribution in [2.24, 2.45) is 0 Å². The molecule has 2 aliphatic rings. The van der Waals surface area contributed by atoms with E-state index in [1.165, 1.54) is 0 Å². The number of hydrogen-bond acceptors (Lipinski definition) is 6. The van der Waals surface area contributed by atoms with E-state index in [0.717, 1.165) is 16.2 Å². The average Bonchev–Trinajstić information content (AvgIpc) is 3.46. The van der Waals surface area contributed by atoms with Crippen molar-refractivity contribution >= 4 is 27.7 Å². The van der Waals surface area contributed by atoms with Crippen LogP contribution in [0.1, 0.15) is 18.9 Å². The Kier molecular flexibility index (Phi) is 5.90. The summed E-state index contributed by atoms with van der Waals surface area (Å²) in [5.41, 5.74) is 3.17. The summed E-state index contributed by atoms with van der Waals surface area (Å²) < 4.78 is 25.9. The van der Waals surface area contributed by atoms with Crippen LogP contribution in [0.25, 0.3) is 23.0 Å². The molecule has 0 bridgehead atoms. The predicted octanol–water partition coefficient (Wildman–Crippen LogP) is 3.32. The van der Waals surface area contributed by atoms with Crippen molar-refractivity contribution in [3.05, 3.63) is 89.1 Å². The standard InChI is InChI=1S/C27H22N4O4S/c1-18-23(26(32)31(27(33)24(18)15-28)22-12-13-36(34,35)17-22)14-20-16-30(21-10-6-3-7-11-21)29-25(20)19-8-4-2-5-9-19/h2-11,14,16,22H,12-13,17H2,1H3/b23-14-/t22-/m1/s1. The molecule has 1 aromatic heterocycles. The molecule has 3 aromatic rings. The maximum absolute atomic E-state index is 13.6. The number of carbonyl (C=O) groups is 2. The van der Waals surface area contributed by atoms with Crippen LogP contribution in [-0.4, -0.2) is 52.5 Å². The lowest BCUT2D eigenvalue weighted by Crippen LogP contribution is -2.49. The van der Waals surface area contributed by atoms with Crippen LogP contribution in [0.15, 0.2) is 83.6 Å². The Morgan fingerprint density at radius 3 is 2.31 bits per heavy atom. The second-order valence-corrected chi connectivity index (χ2v) is 11.0. The maximum Gasteiger partial charge on any atom is 0.271 e. The van der Waals surface area contributed by atoms with Crippen molar-refractivity contribution in [1.82, 2.24) is 14.7 Å². The summed E-state index contributed by atoms with van der Waals surface area (Å²) in [4.78, 5) is 27.6. The predicted molar refractivity (Wildman–Crippen MR) is 134 cm³/mol. The summed E-state index contributed by atoms with van der Waals surface area (Å²) in [5.74, 6) is -1.75. The molecule has 2 aliphatic heterocycles. The number of rotatable bonds is 4. The van der Waals surface area contributed by atoms with Crippen LogP contribution in [0, 0.1) is 11.3 Å². The number of benzene rings is 2. The topological polar surface area (TPSA) is 113 Å². The number of carbonyl (C=O) groups excluding carboxylic acids is 2. The molecule has 0 N–H and O–H groups in total. The molecule has 1 atom stereocenters. The molecular formula is C27H22N4O4S. The van der Waals surface area contributed by atoms with Gasteiger partial charge in [-0.3, -0.25) is 14.5 Å². The van der Waals surface area contributed by atoms with Crippen LogP contribution in [0.5, 0.6) is 0 Å². The number of hydrogen-bond donors (Lipinski definition) is 0. The van der Waals surface area contributed by atoms with Gasteiger partial charge in [0.05, 0.1) is 28.9 Å². The number of imide groups is 1. The molecule has 3 heterocycles. The van der Waals surface area contributed by atoms with Crippen LogP contribution in [0.4, 0.5) is 0 Å². The molecule has 0 aliphatic carbocycles. The number of nitrogens with zero attached hydrogens (tertiary/aromatic N) is 4. The number of sulfone groups is 1. The summed E-state index contributed by atoms with van der Waals surface area (Å²) in [7, 11) is -3.35. The quantitative estimate of drug-likeness (QED) is 0.403. The Morgan fingerprint density at radius 2 is 1.69 bits per heavy atom. The van der Waals surface area contributed by atoms with Gasteiger partial charge in [-0.15, -0.1) is 0 Å². The van der Waals surface area contributed by atoms with Crippen molar-refractivity contribution in [3.63, 3.8) is 0 Å². The van der Waals surface area contributed by atoms with Crippen molar-refractivity contribution < 1.29 is 18.0 Å². The first kappa shape index (κ1) is 23.5. The maximum atomic E-state index is 13.6. The van der Waals surface area contributed by atoms with Gasteiger partial charge in [-0.1, -0.05) is 48.5 Å². The van der Waals surface area contributed by atoms with Gasteiger partial charge >= 0.3 is 0 Å². The van der Waals surface area contributed by atoms with Gasteiger partial charge in [0.1, 0.15) is 11.6 Å². The molecule has 2 aromatic carbocycles. The molecule has 8 nitrogen and oxygen atoms in total. The Labute approximate surface area is 208 Å². The average molecular weight is 499 g/mol. The third-order valence-corrected chi connectivity index (χ3v) is 8.21. The van der Waals surface area contributed by atoms with Crippen LogP contribution in [0.3, 0.4) is 0 Å². The molecule has 36 heavy (non-hydrogen) atoms. The van der Waals surface area contributed by atoms with Crippen LogP contribution in [-0.2, 0) is 19.4 Å². The summed E-state index contributed by atoms with van der Waals surface area (Å²) in [6.07, 6.45) is 3.58. The second-order valence-electron chi connectivity index (χ2n) is 8.79. The Balaban J connectivity index is 1.67. The molecule has 0 radical (unpaired) electrons. The highest BCUT2D eigenvalue weighted by Gasteiger charge is 2.43. The van der Waals surface area contributed by atoms with E-state index in [0.29, 0.717) is 11.3 Å². The summed E-state index contributed by atoms with van der Waals surface area (Å²) in [6, 6.07) is 20.1. The van der Waals surface area contributed by atoms with Gasteiger partial charge in [0, 0.05) is 22.9 Å². The van der Waals surface area contributed by atoms with Crippen LogP contribution < -0.4 is 0 Å². The van der Waals surface area contributed by atoms with E-state index in [2.05, 4.69) is 0 Å². The monoisotopic (exact) mass is 498 g/mol.